The number of aliphatic hydroxyl groups is 1. The molecule has 166 valence electrons. The van der Waals surface area contributed by atoms with Crippen LogP contribution >= 0.6 is 0 Å². The van der Waals surface area contributed by atoms with Crippen LogP contribution in [-0.4, -0.2) is 66.9 Å². The number of benzene rings is 1. The molecule has 1 aromatic carbocycles. The number of piperidine rings is 1. The molecule has 0 bridgehead atoms. The summed E-state index contributed by atoms with van der Waals surface area (Å²) in [5.41, 5.74) is 2.52. The standard InChI is InChI=1S/C24H39N5O/c1-3-25-24(27-21-14-18(2)29(16-21)23-8-9-23)26-15-19-4-6-22(7-5-19)28-12-10-20(17-30)11-13-28/h4-7,18,20-21,23,30H,3,8-17H2,1-2H3,(H2,25,26,27). The monoisotopic (exact) mass is 413 g/mol. The second-order valence-corrected chi connectivity index (χ2v) is 9.33. The fourth-order valence-electron chi connectivity index (χ4n) is 4.95. The van der Waals surface area contributed by atoms with E-state index in [0.29, 0.717) is 31.2 Å². The molecule has 4 rings (SSSR count). The van der Waals surface area contributed by atoms with E-state index in [4.69, 9.17) is 4.99 Å². The highest BCUT2D eigenvalue weighted by atomic mass is 16.3. The van der Waals surface area contributed by atoms with Gasteiger partial charge in [-0.05, 0) is 69.6 Å². The van der Waals surface area contributed by atoms with Crippen molar-refractivity contribution in [3.63, 3.8) is 0 Å². The van der Waals surface area contributed by atoms with E-state index in [-0.39, 0.29) is 0 Å². The van der Waals surface area contributed by atoms with E-state index in [2.05, 4.69) is 58.5 Å². The zero-order valence-electron chi connectivity index (χ0n) is 18.7. The molecule has 6 heteroatoms. The van der Waals surface area contributed by atoms with Gasteiger partial charge in [0, 0.05) is 56.6 Å². The molecule has 1 aromatic rings. The lowest BCUT2D eigenvalue weighted by atomic mass is 9.97. The maximum absolute atomic E-state index is 9.33. The van der Waals surface area contributed by atoms with Gasteiger partial charge in [-0.3, -0.25) is 4.90 Å². The minimum absolute atomic E-state index is 0.325. The lowest BCUT2D eigenvalue weighted by Gasteiger charge is -2.32. The lowest BCUT2D eigenvalue weighted by Crippen LogP contribution is -2.44. The van der Waals surface area contributed by atoms with Crippen LogP contribution in [0.15, 0.2) is 29.3 Å². The van der Waals surface area contributed by atoms with Crippen LogP contribution in [0.3, 0.4) is 0 Å². The van der Waals surface area contributed by atoms with E-state index in [0.717, 1.165) is 51.0 Å². The molecule has 2 saturated heterocycles. The highest BCUT2D eigenvalue weighted by molar-refractivity contribution is 5.80. The molecular formula is C24H39N5O. The van der Waals surface area contributed by atoms with E-state index in [1.165, 1.54) is 30.5 Å². The van der Waals surface area contributed by atoms with Gasteiger partial charge in [-0.25, -0.2) is 4.99 Å². The molecule has 1 saturated carbocycles. The van der Waals surface area contributed by atoms with Crippen LogP contribution in [0.2, 0.25) is 0 Å². The SMILES string of the molecule is CCNC(=NCc1ccc(N2CCC(CO)CC2)cc1)NC1CC(C)N(C2CC2)C1. The second-order valence-electron chi connectivity index (χ2n) is 9.33. The zero-order valence-corrected chi connectivity index (χ0v) is 18.7. The van der Waals surface area contributed by atoms with Gasteiger partial charge in [0.2, 0.25) is 0 Å². The number of nitrogens with one attached hydrogen (secondary N) is 2. The van der Waals surface area contributed by atoms with Gasteiger partial charge in [-0.15, -0.1) is 0 Å². The van der Waals surface area contributed by atoms with Gasteiger partial charge < -0.3 is 20.6 Å². The number of hydrogen-bond donors (Lipinski definition) is 3. The molecule has 3 aliphatic rings. The third kappa shape index (κ3) is 5.46. The summed E-state index contributed by atoms with van der Waals surface area (Å²) in [4.78, 5) is 9.95. The summed E-state index contributed by atoms with van der Waals surface area (Å²) in [6.07, 6.45) is 6.11. The first-order valence-corrected chi connectivity index (χ1v) is 11.9. The number of guanidine groups is 1. The second kappa shape index (κ2) is 10.0. The van der Waals surface area contributed by atoms with Crippen molar-refractivity contribution in [1.82, 2.24) is 15.5 Å². The summed E-state index contributed by atoms with van der Waals surface area (Å²) in [6.45, 7) is 9.59. The van der Waals surface area contributed by atoms with Gasteiger partial charge in [-0.1, -0.05) is 12.1 Å². The van der Waals surface area contributed by atoms with Crippen LogP contribution in [0.5, 0.6) is 0 Å². The van der Waals surface area contributed by atoms with Crippen molar-refractivity contribution >= 4 is 11.6 Å². The van der Waals surface area contributed by atoms with Crippen molar-refractivity contribution in [3.8, 4) is 0 Å². The smallest absolute Gasteiger partial charge is 0.191 e. The Morgan fingerprint density at radius 3 is 2.50 bits per heavy atom. The largest absolute Gasteiger partial charge is 0.396 e. The third-order valence-corrected chi connectivity index (χ3v) is 6.92. The fourth-order valence-corrected chi connectivity index (χ4v) is 4.95. The lowest BCUT2D eigenvalue weighted by molar-refractivity contribution is 0.203. The average Bonchev–Trinajstić information content (AvgIpc) is 3.55. The van der Waals surface area contributed by atoms with E-state index in [9.17, 15) is 5.11 Å². The van der Waals surface area contributed by atoms with Crippen molar-refractivity contribution in [2.75, 3.05) is 37.7 Å². The normalized spacial score (nSPS) is 26.2. The van der Waals surface area contributed by atoms with E-state index < -0.39 is 0 Å². The molecule has 0 spiro atoms. The molecule has 1 aliphatic carbocycles. The van der Waals surface area contributed by atoms with Crippen molar-refractivity contribution in [1.29, 1.82) is 0 Å². The molecule has 2 unspecified atom stereocenters. The summed E-state index contributed by atoms with van der Waals surface area (Å²) >= 11 is 0. The molecule has 0 radical (unpaired) electrons. The highest BCUT2D eigenvalue weighted by Crippen LogP contribution is 2.33. The van der Waals surface area contributed by atoms with Gasteiger partial charge >= 0.3 is 0 Å². The van der Waals surface area contributed by atoms with Crippen LogP contribution in [0, 0.1) is 5.92 Å². The van der Waals surface area contributed by atoms with E-state index >= 15 is 0 Å². The number of likely N-dealkylation sites (tertiary alicyclic amines) is 1. The zero-order chi connectivity index (χ0) is 20.9. The number of aliphatic imine (C=N–C) groups is 1. The number of rotatable bonds is 7. The maximum atomic E-state index is 9.33. The topological polar surface area (TPSA) is 63.1 Å². The first kappa shape index (κ1) is 21.4. The molecule has 2 atom stereocenters. The van der Waals surface area contributed by atoms with Crippen LogP contribution in [0.4, 0.5) is 5.69 Å². The highest BCUT2D eigenvalue weighted by Gasteiger charge is 2.38. The molecule has 0 amide bonds. The van der Waals surface area contributed by atoms with Crippen LogP contribution in [-0.2, 0) is 6.54 Å². The van der Waals surface area contributed by atoms with Crippen molar-refractivity contribution in [2.24, 2.45) is 10.9 Å². The Labute approximate surface area is 181 Å². The molecule has 30 heavy (non-hydrogen) atoms. The number of aliphatic hydroxyl groups excluding tert-OH is 1. The average molecular weight is 414 g/mol. The third-order valence-electron chi connectivity index (χ3n) is 6.92. The van der Waals surface area contributed by atoms with Gasteiger partial charge in [-0.2, -0.15) is 0 Å². The first-order valence-electron chi connectivity index (χ1n) is 11.9. The molecule has 0 aromatic heterocycles. The van der Waals surface area contributed by atoms with E-state index in [1.54, 1.807) is 0 Å². The Balaban J connectivity index is 1.30. The van der Waals surface area contributed by atoms with Gasteiger partial charge in [0.1, 0.15) is 0 Å². The predicted octanol–water partition coefficient (Wildman–Crippen LogP) is 2.58. The van der Waals surface area contributed by atoms with E-state index in [1.807, 2.05) is 0 Å². The molecule has 6 nitrogen and oxygen atoms in total. The summed E-state index contributed by atoms with van der Waals surface area (Å²) in [5.74, 6) is 1.41. The summed E-state index contributed by atoms with van der Waals surface area (Å²) in [7, 11) is 0. The Hall–Kier alpha value is -1.79. The Kier molecular flexibility index (Phi) is 7.16. The maximum Gasteiger partial charge on any atom is 0.191 e. The quantitative estimate of drug-likeness (QED) is 0.474. The van der Waals surface area contributed by atoms with Crippen LogP contribution in [0.25, 0.3) is 0 Å². The van der Waals surface area contributed by atoms with Gasteiger partial charge in [0.25, 0.3) is 0 Å². The van der Waals surface area contributed by atoms with Gasteiger partial charge in [0.15, 0.2) is 5.96 Å². The Bertz CT molecular complexity index is 694. The number of nitrogens with zero attached hydrogens (tertiary/aromatic N) is 3. The molecule has 2 aliphatic heterocycles. The molecule has 3 N–H and O–H groups in total. The molecular weight excluding hydrogens is 374 g/mol. The van der Waals surface area contributed by atoms with Crippen molar-refractivity contribution < 1.29 is 5.11 Å². The molecule has 2 heterocycles. The van der Waals surface area contributed by atoms with Crippen LogP contribution in [0.1, 0.15) is 51.5 Å². The summed E-state index contributed by atoms with van der Waals surface area (Å²) < 4.78 is 0. The molecule has 3 fully saturated rings. The summed E-state index contributed by atoms with van der Waals surface area (Å²) in [6, 6.07) is 10.8. The fraction of sp³-hybridized carbons (Fsp3) is 0.708. The minimum Gasteiger partial charge on any atom is -0.396 e. The number of hydrogen-bond acceptors (Lipinski definition) is 4. The van der Waals surface area contributed by atoms with Crippen LogP contribution < -0.4 is 15.5 Å². The Morgan fingerprint density at radius 1 is 1.13 bits per heavy atom. The minimum atomic E-state index is 0.325. The number of anilines is 1. The van der Waals surface area contributed by atoms with Crippen molar-refractivity contribution in [3.05, 3.63) is 29.8 Å². The van der Waals surface area contributed by atoms with Gasteiger partial charge in [0.05, 0.1) is 6.54 Å². The van der Waals surface area contributed by atoms with Crippen molar-refractivity contribution in [2.45, 2.75) is 70.6 Å². The first-order chi connectivity index (χ1) is 14.7. The summed E-state index contributed by atoms with van der Waals surface area (Å²) in [5, 5.41) is 16.4. The Morgan fingerprint density at radius 2 is 1.87 bits per heavy atom. The predicted molar refractivity (Wildman–Crippen MR) is 124 cm³/mol.